The molecular weight excluding hydrogens is 612 g/mol. The zero-order valence-corrected chi connectivity index (χ0v) is 25.6. The lowest BCUT2D eigenvalue weighted by molar-refractivity contribution is -0.126. The number of hydrogen-bond acceptors (Lipinski definition) is 6. The third kappa shape index (κ3) is 6.16. The topological polar surface area (TPSA) is 108 Å². The smallest absolute Gasteiger partial charge is 0.258 e. The van der Waals surface area contributed by atoms with Gasteiger partial charge in [-0.2, -0.15) is 0 Å². The summed E-state index contributed by atoms with van der Waals surface area (Å²) in [5, 5.41) is 7.50. The molecule has 0 aromatic heterocycles. The fourth-order valence-electron chi connectivity index (χ4n) is 5.32. The van der Waals surface area contributed by atoms with Crippen LogP contribution in [0.2, 0.25) is 0 Å². The molecule has 0 bridgehead atoms. The SMILES string of the molecule is CNCC(=O)NC1CN(C(=O)c2ccc(C(C)=O)cc2)c2ccccc2N(Cc2c(OC)ccc3cc(Br)ccc23)C1=O. The van der Waals surface area contributed by atoms with Crippen LogP contribution in [0.5, 0.6) is 5.75 Å². The van der Waals surface area contributed by atoms with Gasteiger partial charge in [0.2, 0.25) is 5.91 Å². The summed E-state index contributed by atoms with van der Waals surface area (Å²) in [6.07, 6.45) is 0. The van der Waals surface area contributed by atoms with Gasteiger partial charge in [-0.05, 0) is 67.2 Å². The highest BCUT2D eigenvalue weighted by Gasteiger charge is 2.37. The second-order valence-corrected chi connectivity index (χ2v) is 11.1. The number of ether oxygens (including phenoxy) is 1. The molecule has 1 aliphatic heterocycles. The quantitative estimate of drug-likeness (QED) is 0.270. The molecule has 220 valence electrons. The van der Waals surface area contributed by atoms with E-state index in [0.717, 1.165) is 20.8 Å². The Labute approximate surface area is 257 Å². The number of fused-ring (bicyclic) bond motifs is 2. The first-order chi connectivity index (χ1) is 20.7. The van der Waals surface area contributed by atoms with Crippen LogP contribution in [0.15, 0.2) is 83.3 Å². The number of nitrogens with zero attached hydrogens (tertiary/aromatic N) is 2. The molecule has 0 fully saturated rings. The number of rotatable bonds is 8. The molecular formula is C33H31BrN4O5. The number of hydrogen-bond donors (Lipinski definition) is 2. The van der Waals surface area contributed by atoms with Gasteiger partial charge in [0.25, 0.3) is 11.8 Å². The summed E-state index contributed by atoms with van der Waals surface area (Å²) in [7, 11) is 3.22. The van der Waals surface area contributed by atoms with Crippen molar-refractivity contribution in [2.24, 2.45) is 0 Å². The normalized spacial score (nSPS) is 14.7. The van der Waals surface area contributed by atoms with Crippen molar-refractivity contribution in [1.29, 1.82) is 0 Å². The average molecular weight is 644 g/mol. The van der Waals surface area contributed by atoms with Gasteiger partial charge >= 0.3 is 0 Å². The minimum Gasteiger partial charge on any atom is -0.496 e. The van der Waals surface area contributed by atoms with Crippen LogP contribution in [0.3, 0.4) is 0 Å². The molecule has 5 rings (SSSR count). The van der Waals surface area contributed by atoms with Crippen molar-refractivity contribution in [3.8, 4) is 5.75 Å². The molecule has 2 N–H and O–H groups in total. The molecule has 1 heterocycles. The van der Waals surface area contributed by atoms with Gasteiger partial charge in [-0.25, -0.2) is 0 Å². The maximum atomic E-state index is 14.3. The maximum absolute atomic E-state index is 14.3. The van der Waals surface area contributed by atoms with Crippen LogP contribution in [0.4, 0.5) is 11.4 Å². The summed E-state index contributed by atoms with van der Waals surface area (Å²) >= 11 is 3.53. The number of ketones is 1. The molecule has 10 heteroatoms. The number of Topliss-reactive ketones (excluding diaryl/α,β-unsaturated/α-hetero) is 1. The second kappa shape index (κ2) is 12.8. The molecule has 0 radical (unpaired) electrons. The third-order valence-electron chi connectivity index (χ3n) is 7.44. The van der Waals surface area contributed by atoms with Crippen molar-refractivity contribution in [3.63, 3.8) is 0 Å². The Bertz CT molecular complexity index is 1720. The standard InChI is InChI=1S/C33H31BrN4O5/c1-20(39)21-8-10-22(11-9-21)32(41)38-19-27(36-31(40)17-35-2)33(42)37(28-6-4-5-7-29(28)38)18-26-25-14-13-24(34)16-23(25)12-15-30(26)43-3/h4-16,27,35H,17-19H2,1-3H3,(H,36,40). The summed E-state index contributed by atoms with van der Waals surface area (Å²) < 4.78 is 6.65. The van der Waals surface area contributed by atoms with Crippen LogP contribution < -0.4 is 25.2 Å². The molecule has 1 atom stereocenters. The number of amides is 3. The average Bonchev–Trinajstić information content (AvgIpc) is 3.11. The second-order valence-electron chi connectivity index (χ2n) is 10.2. The number of carbonyl (C=O) groups is 4. The van der Waals surface area contributed by atoms with E-state index < -0.39 is 6.04 Å². The molecule has 4 aromatic rings. The van der Waals surface area contributed by atoms with Crippen molar-refractivity contribution in [1.82, 2.24) is 10.6 Å². The van der Waals surface area contributed by atoms with Crippen LogP contribution in [0.25, 0.3) is 10.8 Å². The van der Waals surface area contributed by atoms with Crippen molar-refractivity contribution in [2.45, 2.75) is 19.5 Å². The molecule has 0 spiro atoms. The molecule has 1 aliphatic rings. The third-order valence-corrected chi connectivity index (χ3v) is 7.93. The highest BCUT2D eigenvalue weighted by molar-refractivity contribution is 9.10. The van der Waals surface area contributed by atoms with Crippen LogP contribution in [0, 0.1) is 0 Å². The maximum Gasteiger partial charge on any atom is 0.258 e. The number of methoxy groups -OCH3 is 1. The van der Waals surface area contributed by atoms with E-state index in [2.05, 4.69) is 26.6 Å². The first-order valence-corrected chi connectivity index (χ1v) is 14.5. The van der Waals surface area contributed by atoms with E-state index in [0.29, 0.717) is 28.3 Å². The van der Waals surface area contributed by atoms with E-state index >= 15 is 0 Å². The number of para-hydroxylation sites is 2. The predicted octanol–water partition coefficient (Wildman–Crippen LogP) is 4.71. The zero-order chi connectivity index (χ0) is 30.7. The fraction of sp³-hybridized carbons (Fsp3) is 0.212. The van der Waals surface area contributed by atoms with Gasteiger partial charge in [-0.1, -0.05) is 52.3 Å². The molecule has 4 aromatic carbocycles. The molecule has 43 heavy (non-hydrogen) atoms. The van der Waals surface area contributed by atoms with Crippen LogP contribution >= 0.6 is 15.9 Å². The van der Waals surface area contributed by atoms with Crippen LogP contribution in [-0.2, 0) is 16.1 Å². The van der Waals surface area contributed by atoms with E-state index in [1.807, 2.05) is 30.3 Å². The first-order valence-electron chi connectivity index (χ1n) is 13.7. The molecule has 0 aliphatic carbocycles. The summed E-state index contributed by atoms with van der Waals surface area (Å²) in [4.78, 5) is 56.0. The Hall–Kier alpha value is -4.54. The van der Waals surface area contributed by atoms with Gasteiger partial charge in [0.15, 0.2) is 5.78 Å². The van der Waals surface area contributed by atoms with E-state index in [4.69, 9.17) is 4.74 Å². The Morgan fingerprint density at radius 1 is 0.953 bits per heavy atom. The fourth-order valence-corrected chi connectivity index (χ4v) is 5.69. The molecule has 3 amide bonds. The molecule has 0 saturated carbocycles. The van der Waals surface area contributed by atoms with Crippen molar-refractivity contribution >= 4 is 61.6 Å². The van der Waals surface area contributed by atoms with Crippen molar-refractivity contribution in [2.75, 3.05) is 37.0 Å². The summed E-state index contributed by atoms with van der Waals surface area (Å²) in [5.74, 6) is -0.604. The largest absolute Gasteiger partial charge is 0.496 e. The number of halogens is 1. The number of benzene rings is 4. The van der Waals surface area contributed by atoms with Gasteiger partial charge in [-0.3, -0.25) is 19.2 Å². The number of likely N-dealkylation sites (N-methyl/N-ethyl adjacent to an activating group) is 1. The molecule has 9 nitrogen and oxygen atoms in total. The monoisotopic (exact) mass is 642 g/mol. The Morgan fingerprint density at radius 3 is 2.33 bits per heavy atom. The highest BCUT2D eigenvalue weighted by Crippen LogP contribution is 2.38. The summed E-state index contributed by atoms with van der Waals surface area (Å²) in [6, 6.07) is 22.3. The molecule has 1 unspecified atom stereocenters. The van der Waals surface area contributed by atoms with Gasteiger partial charge in [-0.15, -0.1) is 0 Å². The Kier molecular flexibility index (Phi) is 8.89. The van der Waals surface area contributed by atoms with Gasteiger partial charge in [0, 0.05) is 21.2 Å². The van der Waals surface area contributed by atoms with E-state index in [1.165, 1.54) is 11.8 Å². The van der Waals surface area contributed by atoms with Crippen LogP contribution in [-0.4, -0.2) is 56.8 Å². The number of nitrogens with one attached hydrogen (secondary N) is 2. The van der Waals surface area contributed by atoms with Crippen LogP contribution in [0.1, 0.15) is 33.2 Å². The lowest BCUT2D eigenvalue weighted by Gasteiger charge is -2.27. The van der Waals surface area contributed by atoms with Gasteiger partial charge in [0.1, 0.15) is 11.8 Å². The summed E-state index contributed by atoms with van der Waals surface area (Å²) in [6.45, 7) is 1.51. The minimum absolute atomic E-state index is 0.00318. The molecule has 0 saturated heterocycles. The lowest BCUT2D eigenvalue weighted by atomic mass is 10.0. The van der Waals surface area contributed by atoms with E-state index in [1.54, 1.807) is 67.6 Å². The van der Waals surface area contributed by atoms with E-state index in [9.17, 15) is 19.2 Å². The Balaban J connectivity index is 1.63. The van der Waals surface area contributed by atoms with Crippen molar-refractivity contribution < 1.29 is 23.9 Å². The number of carbonyl (C=O) groups excluding carboxylic acids is 4. The number of anilines is 2. The minimum atomic E-state index is -1.04. The van der Waals surface area contributed by atoms with Gasteiger partial charge < -0.3 is 25.2 Å². The van der Waals surface area contributed by atoms with Gasteiger partial charge in [0.05, 0.1) is 38.1 Å². The zero-order valence-electron chi connectivity index (χ0n) is 24.0. The Morgan fingerprint density at radius 2 is 1.65 bits per heavy atom. The first kappa shape index (κ1) is 29.9. The van der Waals surface area contributed by atoms with Crippen molar-refractivity contribution in [3.05, 3.63) is 100 Å². The highest BCUT2D eigenvalue weighted by atomic mass is 79.9. The predicted molar refractivity (Wildman–Crippen MR) is 170 cm³/mol. The lowest BCUT2D eigenvalue weighted by Crippen LogP contribution is -2.54. The van der Waals surface area contributed by atoms with E-state index in [-0.39, 0.29) is 43.1 Å². The summed E-state index contributed by atoms with van der Waals surface area (Å²) in [5.41, 5.74) is 2.66.